The van der Waals surface area contributed by atoms with Crippen molar-refractivity contribution >= 4 is 0 Å². The average Bonchev–Trinajstić information content (AvgIpc) is 2.98. The highest BCUT2D eigenvalue weighted by atomic mass is 16.5. The van der Waals surface area contributed by atoms with Crippen LogP contribution in [0.25, 0.3) is 5.69 Å². The predicted molar refractivity (Wildman–Crippen MR) is 74.9 cm³/mol. The fraction of sp³-hybridized carbons (Fsp3) is 0.500. The zero-order chi connectivity index (χ0) is 13.6. The highest BCUT2D eigenvalue weighted by molar-refractivity contribution is 5.31. The van der Waals surface area contributed by atoms with E-state index in [-0.39, 0.29) is 0 Å². The quantitative estimate of drug-likeness (QED) is 0.892. The molecule has 1 N–H and O–H groups in total. The van der Waals surface area contributed by atoms with Gasteiger partial charge in [0.2, 0.25) is 0 Å². The number of hydrogen-bond donors (Lipinski definition) is 1. The molecule has 3 rings (SSSR count). The molecule has 20 heavy (non-hydrogen) atoms. The van der Waals surface area contributed by atoms with Crippen LogP contribution < -0.4 is 10.1 Å². The Bertz CT molecular complexity index is 521. The Labute approximate surface area is 118 Å². The summed E-state index contributed by atoms with van der Waals surface area (Å²) < 4.78 is 7.36. The first-order chi connectivity index (χ1) is 9.93. The van der Waals surface area contributed by atoms with Crippen LogP contribution in [0.1, 0.15) is 19.3 Å². The molecule has 0 aliphatic carbocycles. The molecule has 6 heteroatoms. The third-order valence-corrected chi connectivity index (χ3v) is 3.60. The van der Waals surface area contributed by atoms with Crippen molar-refractivity contribution in [2.45, 2.75) is 19.3 Å². The number of para-hydroxylation sites is 1. The lowest BCUT2D eigenvalue weighted by atomic mass is 9.97. The number of piperidine rings is 1. The third-order valence-electron chi connectivity index (χ3n) is 3.60. The second-order valence-corrected chi connectivity index (χ2v) is 5.06. The maximum atomic E-state index is 5.73. The minimum Gasteiger partial charge on any atom is -0.462 e. The minimum atomic E-state index is 0.458. The summed E-state index contributed by atoms with van der Waals surface area (Å²) in [6.07, 6.45) is 3.57. The molecule has 1 aromatic heterocycles. The standard InChI is InChI=1S/C14H19N5O/c1-2-6-13(7-3-1)19-14(16-17-18-19)20-10-8-12-5-4-9-15-11-12/h1-3,6-7,12,15H,4-5,8-11H2. The molecule has 1 atom stereocenters. The molecule has 0 spiro atoms. The molecule has 2 aromatic rings. The molecule has 1 aromatic carbocycles. The van der Waals surface area contributed by atoms with Gasteiger partial charge in [-0.2, -0.15) is 4.68 Å². The normalized spacial score (nSPS) is 18.9. The van der Waals surface area contributed by atoms with E-state index in [0.29, 0.717) is 18.5 Å². The number of ether oxygens (including phenoxy) is 1. The Kier molecular flexibility index (Phi) is 4.22. The highest BCUT2D eigenvalue weighted by Gasteiger charge is 2.14. The Hall–Kier alpha value is -1.95. The zero-order valence-electron chi connectivity index (χ0n) is 11.4. The number of aromatic nitrogens is 4. The van der Waals surface area contributed by atoms with Crippen molar-refractivity contribution in [1.82, 2.24) is 25.5 Å². The van der Waals surface area contributed by atoms with Crippen LogP contribution in [0.2, 0.25) is 0 Å². The van der Waals surface area contributed by atoms with Gasteiger partial charge in [0.1, 0.15) is 0 Å². The van der Waals surface area contributed by atoms with Crippen LogP contribution in [0.5, 0.6) is 6.01 Å². The van der Waals surface area contributed by atoms with Crippen molar-refractivity contribution in [3.63, 3.8) is 0 Å². The minimum absolute atomic E-state index is 0.458. The van der Waals surface area contributed by atoms with Gasteiger partial charge in [-0.3, -0.25) is 0 Å². The second-order valence-electron chi connectivity index (χ2n) is 5.06. The van der Waals surface area contributed by atoms with Crippen molar-refractivity contribution < 1.29 is 4.74 Å². The largest absolute Gasteiger partial charge is 0.462 e. The molecular weight excluding hydrogens is 254 g/mol. The summed E-state index contributed by atoms with van der Waals surface area (Å²) in [6.45, 7) is 2.89. The first-order valence-corrected chi connectivity index (χ1v) is 7.11. The fourth-order valence-electron chi connectivity index (χ4n) is 2.49. The van der Waals surface area contributed by atoms with Gasteiger partial charge in [0.25, 0.3) is 0 Å². The lowest BCUT2D eigenvalue weighted by Gasteiger charge is -2.22. The number of nitrogens with zero attached hydrogens (tertiary/aromatic N) is 4. The Morgan fingerprint density at radius 2 is 2.20 bits per heavy atom. The van der Waals surface area contributed by atoms with Gasteiger partial charge in [-0.05, 0) is 60.8 Å². The van der Waals surface area contributed by atoms with Crippen LogP contribution in [0.4, 0.5) is 0 Å². The van der Waals surface area contributed by atoms with E-state index >= 15 is 0 Å². The summed E-state index contributed by atoms with van der Waals surface area (Å²) in [7, 11) is 0. The van der Waals surface area contributed by atoms with Crippen molar-refractivity contribution in [3.8, 4) is 11.7 Å². The van der Waals surface area contributed by atoms with Crippen molar-refractivity contribution in [1.29, 1.82) is 0 Å². The molecule has 0 radical (unpaired) electrons. The van der Waals surface area contributed by atoms with Crippen LogP contribution in [0, 0.1) is 5.92 Å². The maximum absolute atomic E-state index is 5.73. The molecule has 0 amide bonds. The highest BCUT2D eigenvalue weighted by Crippen LogP contribution is 2.16. The summed E-state index contributed by atoms with van der Waals surface area (Å²) in [6, 6.07) is 10.2. The first kappa shape index (κ1) is 13.1. The van der Waals surface area contributed by atoms with E-state index in [1.54, 1.807) is 4.68 Å². The van der Waals surface area contributed by atoms with E-state index in [1.165, 1.54) is 12.8 Å². The SMILES string of the molecule is c1ccc(-n2nnnc2OCCC2CCCNC2)cc1. The number of nitrogens with one attached hydrogen (secondary N) is 1. The van der Waals surface area contributed by atoms with Crippen molar-refractivity contribution in [2.24, 2.45) is 5.92 Å². The molecule has 106 valence electrons. The van der Waals surface area contributed by atoms with E-state index < -0.39 is 0 Å². The molecule has 2 heterocycles. The summed E-state index contributed by atoms with van der Waals surface area (Å²) in [5.74, 6) is 0.699. The van der Waals surface area contributed by atoms with Gasteiger partial charge >= 0.3 is 6.01 Å². The molecule has 1 fully saturated rings. The monoisotopic (exact) mass is 273 g/mol. The Morgan fingerprint density at radius 3 is 3.00 bits per heavy atom. The lowest BCUT2D eigenvalue weighted by Crippen LogP contribution is -2.30. The summed E-state index contributed by atoms with van der Waals surface area (Å²) >= 11 is 0. The molecule has 6 nitrogen and oxygen atoms in total. The van der Waals surface area contributed by atoms with E-state index in [1.807, 2.05) is 30.3 Å². The van der Waals surface area contributed by atoms with E-state index in [0.717, 1.165) is 25.2 Å². The molecule has 0 saturated carbocycles. The van der Waals surface area contributed by atoms with Crippen molar-refractivity contribution in [2.75, 3.05) is 19.7 Å². The molecule has 1 unspecified atom stereocenters. The number of tetrazole rings is 1. The van der Waals surface area contributed by atoms with Gasteiger partial charge in [0.15, 0.2) is 0 Å². The smallest absolute Gasteiger partial charge is 0.340 e. The van der Waals surface area contributed by atoms with E-state index in [9.17, 15) is 0 Å². The van der Waals surface area contributed by atoms with Gasteiger partial charge in [0, 0.05) is 0 Å². The van der Waals surface area contributed by atoms with Gasteiger partial charge in [0.05, 0.1) is 12.3 Å². The van der Waals surface area contributed by atoms with Gasteiger partial charge in [-0.25, -0.2) is 0 Å². The summed E-state index contributed by atoms with van der Waals surface area (Å²) in [5.41, 5.74) is 0.909. The van der Waals surface area contributed by atoms with Crippen molar-refractivity contribution in [3.05, 3.63) is 30.3 Å². The predicted octanol–water partition coefficient (Wildman–Crippen LogP) is 1.43. The van der Waals surface area contributed by atoms with Crippen LogP contribution in [0.15, 0.2) is 30.3 Å². The number of hydrogen-bond acceptors (Lipinski definition) is 5. The van der Waals surface area contributed by atoms with Crippen LogP contribution in [-0.2, 0) is 0 Å². The average molecular weight is 273 g/mol. The van der Waals surface area contributed by atoms with Gasteiger partial charge in [-0.15, -0.1) is 0 Å². The summed E-state index contributed by atoms with van der Waals surface area (Å²) in [5, 5.41) is 15.0. The molecule has 1 aliphatic rings. The molecule has 1 aliphatic heterocycles. The fourth-order valence-corrected chi connectivity index (χ4v) is 2.49. The Balaban J connectivity index is 1.57. The van der Waals surface area contributed by atoms with E-state index in [4.69, 9.17) is 4.74 Å². The maximum Gasteiger partial charge on any atom is 0.340 e. The lowest BCUT2D eigenvalue weighted by molar-refractivity contribution is 0.235. The zero-order valence-corrected chi connectivity index (χ0v) is 11.4. The van der Waals surface area contributed by atoms with Crippen LogP contribution in [0.3, 0.4) is 0 Å². The van der Waals surface area contributed by atoms with Crippen LogP contribution >= 0.6 is 0 Å². The number of rotatable bonds is 5. The van der Waals surface area contributed by atoms with Gasteiger partial charge in [-0.1, -0.05) is 23.3 Å². The topological polar surface area (TPSA) is 64.9 Å². The van der Waals surface area contributed by atoms with E-state index in [2.05, 4.69) is 20.8 Å². The third kappa shape index (κ3) is 3.14. The molecular formula is C14H19N5O. The van der Waals surface area contributed by atoms with Crippen LogP contribution in [-0.4, -0.2) is 39.9 Å². The summed E-state index contributed by atoms with van der Waals surface area (Å²) in [4.78, 5) is 0. The first-order valence-electron chi connectivity index (χ1n) is 7.11. The number of benzene rings is 1. The molecule has 0 bridgehead atoms. The second kappa shape index (κ2) is 6.47. The Morgan fingerprint density at radius 1 is 1.30 bits per heavy atom. The van der Waals surface area contributed by atoms with Gasteiger partial charge < -0.3 is 10.1 Å². The molecule has 1 saturated heterocycles.